The Morgan fingerprint density at radius 2 is 2.10 bits per heavy atom. The third-order valence-electron chi connectivity index (χ3n) is 6.10. The summed E-state index contributed by atoms with van der Waals surface area (Å²) in [6.45, 7) is 5.89. The lowest BCUT2D eigenvalue weighted by Crippen LogP contribution is -2.43. The van der Waals surface area contributed by atoms with E-state index in [2.05, 4.69) is 27.9 Å². The number of nitrogens with one attached hydrogen (secondary N) is 1. The number of hydrogen-bond acceptors (Lipinski definition) is 6. The van der Waals surface area contributed by atoms with E-state index in [0.717, 1.165) is 39.8 Å². The highest BCUT2D eigenvalue weighted by Crippen LogP contribution is 2.36. The van der Waals surface area contributed by atoms with Crippen LogP contribution in [0.1, 0.15) is 19.2 Å². The first-order chi connectivity index (χ1) is 14.8. The van der Waals surface area contributed by atoms with E-state index in [9.17, 15) is 8.42 Å². The van der Waals surface area contributed by atoms with E-state index < -0.39 is 15.2 Å². The van der Waals surface area contributed by atoms with E-state index in [4.69, 9.17) is 9.72 Å². The summed E-state index contributed by atoms with van der Waals surface area (Å²) < 4.78 is 32.0. The molecule has 1 aliphatic heterocycles. The van der Waals surface area contributed by atoms with Crippen molar-refractivity contribution in [2.45, 2.75) is 25.3 Å². The van der Waals surface area contributed by atoms with Crippen LogP contribution in [0.15, 0.2) is 43.0 Å². The zero-order valence-electron chi connectivity index (χ0n) is 17.7. The molecule has 1 unspecified atom stereocenters. The molecule has 0 radical (unpaired) electrons. The number of aromatic nitrogens is 4. The average Bonchev–Trinajstić information content (AvgIpc) is 3.39. The van der Waals surface area contributed by atoms with Crippen LogP contribution in [0.5, 0.6) is 0 Å². The highest BCUT2D eigenvalue weighted by Gasteiger charge is 2.26. The quantitative estimate of drug-likeness (QED) is 0.524. The molecule has 0 spiro atoms. The highest BCUT2D eigenvalue weighted by molar-refractivity contribution is 7.90. The first kappa shape index (κ1) is 20.0. The minimum Gasteiger partial charge on any atom is -0.377 e. The smallest absolute Gasteiger partial charge is 0.168 e. The van der Waals surface area contributed by atoms with Gasteiger partial charge in [-0.05, 0) is 32.0 Å². The number of ether oxygens (including phenoxy) is 1. The SMILES string of the molecule is CC(n1ccc2c(N3CCOC[C@H]3C)cc(-c3cncc4[nH]ccc34)nc21)S(C)(=O)=O. The van der Waals surface area contributed by atoms with Crippen molar-refractivity contribution >= 4 is 37.5 Å². The van der Waals surface area contributed by atoms with Gasteiger partial charge in [0.05, 0.1) is 36.3 Å². The van der Waals surface area contributed by atoms with E-state index in [1.165, 1.54) is 6.26 Å². The Balaban J connectivity index is 1.79. The van der Waals surface area contributed by atoms with Gasteiger partial charge >= 0.3 is 0 Å². The molecule has 162 valence electrons. The van der Waals surface area contributed by atoms with E-state index in [-0.39, 0.29) is 6.04 Å². The number of H-pyrrole nitrogens is 1. The average molecular weight is 440 g/mol. The Bertz CT molecular complexity index is 1370. The number of morpholine rings is 1. The Hall–Kier alpha value is -2.91. The predicted octanol–water partition coefficient (Wildman–Crippen LogP) is 3.37. The van der Waals surface area contributed by atoms with Crippen LogP contribution in [0.4, 0.5) is 5.69 Å². The lowest BCUT2D eigenvalue weighted by Gasteiger charge is -2.36. The molecule has 4 aromatic rings. The van der Waals surface area contributed by atoms with Crippen molar-refractivity contribution in [2.24, 2.45) is 0 Å². The molecule has 5 heterocycles. The maximum atomic E-state index is 12.3. The van der Waals surface area contributed by atoms with E-state index >= 15 is 0 Å². The number of fused-ring (bicyclic) bond motifs is 2. The fraction of sp³-hybridized carbons (Fsp3) is 0.364. The van der Waals surface area contributed by atoms with Crippen molar-refractivity contribution in [3.05, 3.63) is 43.0 Å². The molecule has 0 bridgehead atoms. The maximum absolute atomic E-state index is 12.3. The van der Waals surface area contributed by atoms with Gasteiger partial charge in [-0.3, -0.25) is 4.98 Å². The van der Waals surface area contributed by atoms with E-state index in [0.29, 0.717) is 18.9 Å². The summed E-state index contributed by atoms with van der Waals surface area (Å²) in [4.78, 5) is 14.8. The molecule has 8 nitrogen and oxygen atoms in total. The van der Waals surface area contributed by atoms with Gasteiger partial charge in [0.1, 0.15) is 11.0 Å². The topological polar surface area (TPSA) is 93.1 Å². The van der Waals surface area contributed by atoms with Crippen molar-refractivity contribution < 1.29 is 13.2 Å². The molecule has 0 aliphatic carbocycles. The van der Waals surface area contributed by atoms with Crippen LogP contribution in [-0.2, 0) is 14.6 Å². The van der Waals surface area contributed by atoms with Gasteiger partial charge in [0, 0.05) is 53.8 Å². The van der Waals surface area contributed by atoms with Gasteiger partial charge in [-0.25, -0.2) is 13.4 Å². The van der Waals surface area contributed by atoms with Gasteiger partial charge in [-0.2, -0.15) is 0 Å². The first-order valence-corrected chi connectivity index (χ1v) is 12.3. The zero-order chi connectivity index (χ0) is 21.8. The summed E-state index contributed by atoms with van der Waals surface area (Å²) in [5, 5.41) is 1.24. The predicted molar refractivity (Wildman–Crippen MR) is 122 cm³/mol. The van der Waals surface area contributed by atoms with Gasteiger partial charge in [-0.15, -0.1) is 0 Å². The van der Waals surface area contributed by atoms with Gasteiger partial charge in [0.25, 0.3) is 0 Å². The van der Waals surface area contributed by atoms with Gasteiger partial charge in [-0.1, -0.05) is 0 Å². The molecule has 4 aromatic heterocycles. The molecule has 0 saturated carbocycles. The van der Waals surface area contributed by atoms with Crippen molar-refractivity contribution in [1.82, 2.24) is 19.5 Å². The van der Waals surface area contributed by atoms with Crippen molar-refractivity contribution in [1.29, 1.82) is 0 Å². The second kappa shape index (κ2) is 7.35. The van der Waals surface area contributed by atoms with Crippen LogP contribution in [0.2, 0.25) is 0 Å². The van der Waals surface area contributed by atoms with Crippen LogP contribution in [0.3, 0.4) is 0 Å². The third kappa shape index (κ3) is 3.37. The van der Waals surface area contributed by atoms with Crippen LogP contribution < -0.4 is 4.90 Å². The van der Waals surface area contributed by atoms with Crippen LogP contribution >= 0.6 is 0 Å². The minimum atomic E-state index is -3.30. The lowest BCUT2D eigenvalue weighted by molar-refractivity contribution is 0.0991. The van der Waals surface area contributed by atoms with E-state index in [1.807, 2.05) is 30.7 Å². The van der Waals surface area contributed by atoms with Crippen molar-refractivity contribution in [3.8, 4) is 11.3 Å². The van der Waals surface area contributed by atoms with Crippen LogP contribution in [0, 0.1) is 0 Å². The summed E-state index contributed by atoms with van der Waals surface area (Å²) in [6.07, 6.45) is 8.55. The molecule has 2 atom stereocenters. The molecule has 1 saturated heterocycles. The molecule has 1 fully saturated rings. The molecule has 9 heteroatoms. The van der Waals surface area contributed by atoms with Gasteiger partial charge < -0.3 is 19.2 Å². The molecule has 0 amide bonds. The number of anilines is 1. The summed E-state index contributed by atoms with van der Waals surface area (Å²) in [7, 11) is -3.30. The Morgan fingerprint density at radius 1 is 1.26 bits per heavy atom. The fourth-order valence-electron chi connectivity index (χ4n) is 4.25. The highest BCUT2D eigenvalue weighted by atomic mass is 32.2. The number of hydrogen-bond donors (Lipinski definition) is 1. The van der Waals surface area contributed by atoms with Crippen molar-refractivity contribution in [3.63, 3.8) is 0 Å². The third-order valence-corrected chi connectivity index (χ3v) is 7.57. The Morgan fingerprint density at radius 3 is 2.87 bits per heavy atom. The number of sulfone groups is 1. The van der Waals surface area contributed by atoms with Crippen LogP contribution in [0.25, 0.3) is 33.2 Å². The number of rotatable bonds is 4. The molecule has 0 aromatic carbocycles. The second-order valence-electron chi connectivity index (χ2n) is 8.16. The summed E-state index contributed by atoms with van der Waals surface area (Å²) in [6, 6.07) is 6.25. The number of nitrogens with zero attached hydrogens (tertiary/aromatic N) is 4. The summed E-state index contributed by atoms with van der Waals surface area (Å²) >= 11 is 0. The molecular formula is C22H25N5O3S. The normalized spacial score (nSPS) is 18.7. The lowest BCUT2D eigenvalue weighted by atomic mass is 10.1. The van der Waals surface area contributed by atoms with Gasteiger partial charge in [0.2, 0.25) is 0 Å². The molecule has 31 heavy (non-hydrogen) atoms. The number of aromatic amines is 1. The monoisotopic (exact) mass is 439 g/mol. The minimum absolute atomic E-state index is 0.198. The Labute approximate surface area is 180 Å². The first-order valence-electron chi connectivity index (χ1n) is 10.3. The van der Waals surface area contributed by atoms with E-state index in [1.54, 1.807) is 17.7 Å². The molecular weight excluding hydrogens is 414 g/mol. The Kier molecular flexibility index (Phi) is 4.75. The van der Waals surface area contributed by atoms with Gasteiger partial charge in [0.15, 0.2) is 9.84 Å². The van der Waals surface area contributed by atoms with Crippen molar-refractivity contribution in [2.75, 3.05) is 30.9 Å². The fourth-order valence-corrected chi connectivity index (χ4v) is 4.84. The summed E-state index contributed by atoms with van der Waals surface area (Å²) in [5.74, 6) is 0. The maximum Gasteiger partial charge on any atom is 0.168 e. The zero-order valence-corrected chi connectivity index (χ0v) is 18.6. The summed E-state index contributed by atoms with van der Waals surface area (Å²) in [5.41, 5.74) is 4.28. The molecule has 1 N–H and O–H groups in total. The largest absolute Gasteiger partial charge is 0.377 e. The second-order valence-corrected chi connectivity index (χ2v) is 10.5. The number of pyridine rings is 2. The van der Waals surface area contributed by atoms with Crippen LogP contribution in [-0.4, -0.2) is 60.0 Å². The molecule has 1 aliphatic rings. The molecule has 5 rings (SSSR count). The standard InChI is InChI=1S/C22H25N5O3S/c1-14-13-30-9-8-26(14)21-10-19(18-11-23-12-20-16(18)4-6-24-20)25-22-17(21)5-7-27(22)15(2)31(3,28)29/h4-7,10-12,14-15,24H,8-9,13H2,1-3H3/t14-,15?/m1/s1.